The summed E-state index contributed by atoms with van der Waals surface area (Å²) in [6.07, 6.45) is 6.22. The van der Waals surface area contributed by atoms with Gasteiger partial charge < -0.3 is 14.6 Å². The SMILES string of the molecule is Cc1cn2c(n1)CCC(NC(=O)C1=COCC1)C2. The Labute approximate surface area is 106 Å². The lowest BCUT2D eigenvalue weighted by Crippen LogP contribution is -2.41. The van der Waals surface area contributed by atoms with Crippen molar-refractivity contribution in [3.63, 3.8) is 0 Å². The molecule has 0 aliphatic carbocycles. The number of carbonyl (C=O) groups excluding carboxylic acids is 1. The van der Waals surface area contributed by atoms with Crippen molar-refractivity contribution in [1.29, 1.82) is 0 Å². The standard InChI is InChI=1S/C13H17N3O2/c1-9-6-16-7-11(2-3-12(16)14-9)15-13(17)10-4-5-18-8-10/h6,8,11H,2-5,7H2,1H3,(H,15,17). The van der Waals surface area contributed by atoms with Gasteiger partial charge in [0.25, 0.3) is 5.91 Å². The smallest absolute Gasteiger partial charge is 0.250 e. The van der Waals surface area contributed by atoms with E-state index in [2.05, 4.69) is 14.9 Å². The van der Waals surface area contributed by atoms with Crippen molar-refractivity contribution in [1.82, 2.24) is 14.9 Å². The van der Waals surface area contributed by atoms with Crippen LogP contribution in [-0.2, 0) is 22.5 Å². The van der Waals surface area contributed by atoms with E-state index in [1.54, 1.807) is 6.26 Å². The number of fused-ring (bicyclic) bond motifs is 1. The number of hydrogen-bond acceptors (Lipinski definition) is 3. The number of ether oxygens (including phenoxy) is 1. The largest absolute Gasteiger partial charge is 0.500 e. The normalized spacial score (nSPS) is 22.1. The van der Waals surface area contributed by atoms with Crippen molar-refractivity contribution in [2.24, 2.45) is 0 Å². The Kier molecular flexibility index (Phi) is 2.81. The number of nitrogens with one attached hydrogen (secondary N) is 1. The highest BCUT2D eigenvalue weighted by atomic mass is 16.5. The van der Waals surface area contributed by atoms with Crippen LogP contribution in [0, 0.1) is 6.92 Å². The zero-order valence-corrected chi connectivity index (χ0v) is 10.5. The fraction of sp³-hybridized carbons (Fsp3) is 0.538. The molecule has 1 unspecified atom stereocenters. The van der Waals surface area contributed by atoms with Gasteiger partial charge in [0.1, 0.15) is 5.82 Å². The summed E-state index contributed by atoms with van der Waals surface area (Å²) < 4.78 is 7.23. The highest BCUT2D eigenvalue weighted by Gasteiger charge is 2.23. The fourth-order valence-corrected chi connectivity index (χ4v) is 2.54. The molecule has 3 heterocycles. The van der Waals surface area contributed by atoms with Gasteiger partial charge in [-0.05, 0) is 13.3 Å². The van der Waals surface area contributed by atoms with E-state index in [0.717, 1.165) is 36.5 Å². The van der Waals surface area contributed by atoms with E-state index < -0.39 is 0 Å². The summed E-state index contributed by atoms with van der Waals surface area (Å²) in [4.78, 5) is 16.4. The summed E-state index contributed by atoms with van der Waals surface area (Å²) >= 11 is 0. The molecule has 2 aliphatic heterocycles. The van der Waals surface area contributed by atoms with Crippen LogP contribution in [0.3, 0.4) is 0 Å². The predicted octanol–water partition coefficient (Wildman–Crippen LogP) is 0.927. The van der Waals surface area contributed by atoms with E-state index in [4.69, 9.17) is 4.74 Å². The zero-order chi connectivity index (χ0) is 12.5. The number of aromatic nitrogens is 2. The number of nitrogens with zero attached hydrogens (tertiary/aromatic N) is 2. The summed E-state index contributed by atoms with van der Waals surface area (Å²) in [5, 5.41) is 3.08. The van der Waals surface area contributed by atoms with Gasteiger partial charge in [0.05, 0.1) is 24.1 Å². The van der Waals surface area contributed by atoms with E-state index in [1.165, 1.54) is 0 Å². The molecule has 1 amide bonds. The monoisotopic (exact) mass is 247 g/mol. The Hall–Kier alpha value is -1.78. The topological polar surface area (TPSA) is 56.2 Å². The molecule has 2 aliphatic rings. The lowest BCUT2D eigenvalue weighted by atomic mass is 10.1. The fourth-order valence-electron chi connectivity index (χ4n) is 2.54. The number of aryl methyl sites for hydroxylation is 2. The Morgan fingerprint density at radius 2 is 2.44 bits per heavy atom. The van der Waals surface area contributed by atoms with Gasteiger partial charge >= 0.3 is 0 Å². The summed E-state index contributed by atoms with van der Waals surface area (Å²) in [7, 11) is 0. The number of rotatable bonds is 2. The van der Waals surface area contributed by atoms with Crippen LogP contribution < -0.4 is 5.32 Å². The van der Waals surface area contributed by atoms with E-state index >= 15 is 0 Å². The summed E-state index contributed by atoms with van der Waals surface area (Å²) in [6, 6.07) is 0.195. The molecule has 0 spiro atoms. The number of hydrogen-bond donors (Lipinski definition) is 1. The van der Waals surface area contributed by atoms with Crippen molar-refractivity contribution in [2.75, 3.05) is 6.61 Å². The average molecular weight is 247 g/mol. The molecular formula is C13H17N3O2. The summed E-state index contributed by atoms with van der Waals surface area (Å²) in [5.41, 5.74) is 1.80. The van der Waals surface area contributed by atoms with Crippen LogP contribution in [0.2, 0.25) is 0 Å². The van der Waals surface area contributed by atoms with Crippen LogP contribution in [0.1, 0.15) is 24.4 Å². The second-order valence-electron chi connectivity index (χ2n) is 4.92. The van der Waals surface area contributed by atoms with Crippen LogP contribution in [0.15, 0.2) is 18.0 Å². The van der Waals surface area contributed by atoms with Crippen LogP contribution in [0.4, 0.5) is 0 Å². The highest BCUT2D eigenvalue weighted by Crippen LogP contribution is 2.16. The van der Waals surface area contributed by atoms with Gasteiger partial charge in [-0.15, -0.1) is 0 Å². The highest BCUT2D eigenvalue weighted by molar-refractivity contribution is 5.93. The van der Waals surface area contributed by atoms with Crippen LogP contribution in [0.5, 0.6) is 0 Å². The second-order valence-corrected chi connectivity index (χ2v) is 4.92. The zero-order valence-electron chi connectivity index (χ0n) is 10.5. The molecule has 1 aromatic rings. The van der Waals surface area contributed by atoms with Gasteiger partial charge in [-0.1, -0.05) is 0 Å². The Morgan fingerprint density at radius 3 is 3.22 bits per heavy atom. The molecule has 1 aromatic heterocycles. The number of imidazole rings is 1. The lowest BCUT2D eigenvalue weighted by Gasteiger charge is -2.24. The Balaban J connectivity index is 1.64. The summed E-state index contributed by atoms with van der Waals surface area (Å²) in [5.74, 6) is 1.14. The quantitative estimate of drug-likeness (QED) is 0.845. The summed E-state index contributed by atoms with van der Waals surface area (Å²) in [6.45, 7) is 3.44. The van der Waals surface area contributed by atoms with Crippen molar-refractivity contribution < 1.29 is 9.53 Å². The Morgan fingerprint density at radius 1 is 1.56 bits per heavy atom. The molecule has 0 bridgehead atoms. The molecule has 96 valence electrons. The number of carbonyl (C=O) groups is 1. The molecule has 5 heteroatoms. The molecular weight excluding hydrogens is 230 g/mol. The first-order valence-electron chi connectivity index (χ1n) is 6.36. The average Bonchev–Trinajstić information content (AvgIpc) is 2.95. The molecule has 0 saturated carbocycles. The number of amides is 1. The third-order valence-corrected chi connectivity index (χ3v) is 3.45. The molecule has 0 fully saturated rings. The van der Waals surface area contributed by atoms with E-state index in [-0.39, 0.29) is 11.9 Å². The molecule has 1 atom stereocenters. The van der Waals surface area contributed by atoms with E-state index in [9.17, 15) is 4.79 Å². The third kappa shape index (κ3) is 2.12. The van der Waals surface area contributed by atoms with Crippen molar-refractivity contribution in [2.45, 2.75) is 38.8 Å². The minimum absolute atomic E-state index is 0.0118. The van der Waals surface area contributed by atoms with Gasteiger partial charge in [-0.3, -0.25) is 4.79 Å². The van der Waals surface area contributed by atoms with E-state index in [1.807, 2.05) is 13.1 Å². The van der Waals surface area contributed by atoms with Crippen molar-refractivity contribution in [3.8, 4) is 0 Å². The first kappa shape index (κ1) is 11.3. The van der Waals surface area contributed by atoms with Crippen LogP contribution >= 0.6 is 0 Å². The molecule has 3 rings (SSSR count). The molecule has 18 heavy (non-hydrogen) atoms. The third-order valence-electron chi connectivity index (χ3n) is 3.45. The molecule has 5 nitrogen and oxygen atoms in total. The maximum Gasteiger partial charge on any atom is 0.250 e. The lowest BCUT2D eigenvalue weighted by molar-refractivity contribution is -0.118. The predicted molar refractivity (Wildman–Crippen MR) is 65.9 cm³/mol. The maximum atomic E-state index is 11.9. The van der Waals surface area contributed by atoms with Crippen molar-refractivity contribution in [3.05, 3.63) is 29.6 Å². The maximum absolute atomic E-state index is 11.9. The van der Waals surface area contributed by atoms with Crippen molar-refractivity contribution >= 4 is 5.91 Å². The molecule has 0 radical (unpaired) electrons. The minimum Gasteiger partial charge on any atom is -0.500 e. The molecule has 0 saturated heterocycles. The van der Waals surface area contributed by atoms with Gasteiger partial charge in [0.2, 0.25) is 0 Å². The van der Waals surface area contributed by atoms with Gasteiger partial charge in [-0.25, -0.2) is 4.98 Å². The molecule has 1 N–H and O–H groups in total. The van der Waals surface area contributed by atoms with E-state index in [0.29, 0.717) is 13.0 Å². The van der Waals surface area contributed by atoms with Gasteiger partial charge in [-0.2, -0.15) is 0 Å². The first-order chi connectivity index (χ1) is 8.72. The Bertz CT molecular complexity index is 504. The van der Waals surface area contributed by atoms with Crippen LogP contribution in [0.25, 0.3) is 0 Å². The van der Waals surface area contributed by atoms with Gasteiger partial charge in [0, 0.05) is 31.6 Å². The van der Waals surface area contributed by atoms with Gasteiger partial charge in [0.15, 0.2) is 0 Å². The second kappa shape index (κ2) is 4.48. The van der Waals surface area contributed by atoms with Crippen LogP contribution in [-0.4, -0.2) is 28.1 Å². The molecule has 0 aromatic carbocycles. The minimum atomic E-state index is 0.0118. The first-order valence-corrected chi connectivity index (χ1v) is 6.36.